The van der Waals surface area contributed by atoms with Gasteiger partial charge in [0, 0.05) is 12.7 Å². The Morgan fingerprint density at radius 2 is 1.96 bits per heavy atom. The minimum absolute atomic E-state index is 0.284. The summed E-state index contributed by atoms with van der Waals surface area (Å²) in [5.74, 6) is -0.781. The Kier molecular flexibility index (Phi) is 3.98. The van der Waals surface area contributed by atoms with Crippen molar-refractivity contribution >= 4 is 17.8 Å². The summed E-state index contributed by atoms with van der Waals surface area (Å²) in [4.78, 5) is 31.7. The van der Waals surface area contributed by atoms with Gasteiger partial charge in [-0.1, -0.05) is 0 Å². The molecule has 3 rings (SSSR count). The normalized spacial score (nSPS) is 21.0. The van der Waals surface area contributed by atoms with Gasteiger partial charge in [-0.3, -0.25) is 4.79 Å². The van der Waals surface area contributed by atoms with Crippen LogP contribution in [0.2, 0.25) is 0 Å². The Hall–Kier alpha value is -2.16. The molecule has 0 unspecified atom stereocenters. The lowest BCUT2D eigenvalue weighted by Gasteiger charge is -2.37. The van der Waals surface area contributed by atoms with E-state index in [4.69, 9.17) is 0 Å². The van der Waals surface area contributed by atoms with Crippen molar-refractivity contribution in [1.82, 2.24) is 15.2 Å². The third-order valence-electron chi connectivity index (χ3n) is 4.59. The molecule has 1 aromatic rings. The monoisotopic (exact) mass is 342 g/mol. The molecule has 0 bridgehead atoms. The molecule has 0 atom stereocenters. The van der Waals surface area contributed by atoms with Gasteiger partial charge in [0.1, 0.15) is 11.4 Å². The summed E-state index contributed by atoms with van der Waals surface area (Å²) in [6, 6.07) is 0.937. The first-order valence-electron chi connectivity index (χ1n) is 7.71. The number of nitrogens with one attached hydrogen (secondary N) is 1. The standard InChI is InChI=1S/C15H17F3N4O2/c1-2-21-13(24)22(12(23)14(21)4-7-19-8-5-14)11-9-10(3-6-20-11)15(16,17)18/h3,6,9,19H,2,4-5,7-8H2,1H3. The first kappa shape index (κ1) is 16.7. The number of amides is 3. The van der Waals surface area contributed by atoms with E-state index < -0.39 is 29.2 Å². The zero-order chi connectivity index (χ0) is 17.5. The van der Waals surface area contributed by atoms with E-state index in [2.05, 4.69) is 10.3 Å². The van der Waals surface area contributed by atoms with Gasteiger partial charge in [0.05, 0.1) is 5.56 Å². The Morgan fingerprint density at radius 3 is 2.54 bits per heavy atom. The number of piperidine rings is 1. The summed E-state index contributed by atoms with van der Waals surface area (Å²) < 4.78 is 38.7. The molecule has 0 aromatic carbocycles. The van der Waals surface area contributed by atoms with Gasteiger partial charge < -0.3 is 10.2 Å². The number of imide groups is 1. The number of pyridine rings is 1. The van der Waals surface area contributed by atoms with E-state index in [0.29, 0.717) is 32.5 Å². The lowest BCUT2D eigenvalue weighted by Crippen LogP contribution is -2.55. The molecule has 2 fully saturated rings. The van der Waals surface area contributed by atoms with E-state index in [-0.39, 0.29) is 5.82 Å². The Bertz CT molecular complexity index is 671. The van der Waals surface area contributed by atoms with Crippen molar-refractivity contribution in [2.75, 3.05) is 24.5 Å². The minimum Gasteiger partial charge on any atom is -0.317 e. The second-order valence-electron chi connectivity index (χ2n) is 5.85. The fourth-order valence-electron chi connectivity index (χ4n) is 3.40. The first-order valence-corrected chi connectivity index (χ1v) is 7.71. The van der Waals surface area contributed by atoms with E-state index in [1.807, 2.05) is 0 Å². The number of likely N-dealkylation sites (N-methyl/N-ethyl adjacent to an activating group) is 1. The van der Waals surface area contributed by atoms with Crippen molar-refractivity contribution in [3.63, 3.8) is 0 Å². The van der Waals surface area contributed by atoms with E-state index in [1.54, 1.807) is 6.92 Å². The molecule has 6 nitrogen and oxygen atoms in total. The molecular weight excluding hydrogens is 325 g/mol. The van der Waals surface area contributed by atoms with Crippen LogP contribution in [-0.4, -0.2) is 47.0 Å². The maximum atomic E-state index is 12.9. The summed E-state index contributed by atoms with van der Waals surface area (Å²) in [5, 5.41) is 3.13. The SMILES string of the molecule is CCN1C(=O)N(c2cc(C(F)(F)F)ccn2)C(=O)C12CCNCC2. The van der Waals surface area contributed by atoms with Gasteiger partial charge in [-0.15, -0.1) is 0 Å². The zero-order valence-electron chi connectivity index (χ0n) is 13.1. The highest BCUT2D eigenvalue weighted by Crippen LogP contribution is 2.38. The van der Waals surface area contributed by atoms with Crippen LogP contribution in [0.3, 0.4) is 0 Å². The number of halogens is 3. The Labute approximate surface area is 136 Å². The van der Waals surface area contributed by atoms with E-state index >= 15 is 0 Å². The molecule has 2 aliphatic heterocycles. The van der Waals surface area contributed by atoms with Gasteiger partial charge in [-0.05, 0) is 45.0 Å². The van der Waals surface area contributed by atoms with Gasteiger partial charge in [0.25, 0.3) is 5.91 Å². The molecule has 0 radical (unpaired) electrons. The molecule has 130 valence electrons. The van der Waals surface area contributed by atoms with Crippen LogP contribution in [0, 0.1) is 0 Å². The van der Waals surface area contributed by atoms with Crippen LogP contribution < -0.4 is 10.2 Å². The van der Waals surface area contributed by atoms with Crippen LogP contribution in [-0.2, 0) is 11.0 Å². The maximum absolute atomic E-state index is 12.9. The number of carbonyl (C=O) groups excluding carboxylic acids is 2. The Morgan fingerprint density at radius 1 is 1.29 bits per heavy atom. The summed E-state index contributed by atoms with van der Waals surface area (Å²) in [5.41, 5.74) is -1.94. The van der Waals surface area contributed by atoms with E-state index in [0.717, 1.165) is 23.2 Å². The van der Waals surface area contributed by atoms with Crippen LogP contribution >= 0.6 is 0 Å². The smallest absolute Gasteiger partial charge is 0.317 e. The summed E-state index contributed by atoms with van der Waals surface area (Å²) in [7, 11) is 0. The van der Waals surface area contributed by atoms with Gasteiger partial charge in [-0.25, -0.2) is 14.7 Å². The van der Waals surface area contributed by atoms with Crippen LogP contribution in [0.15, 0.2) is 18.3 Å². The third kappa shape index (κ3) is 2.43. The lowest BCUT2D eigenvalue weighted by atomic mass is 9.87. The molecule has 9 heteroatoms. The highest BCUT2D eigenvalue weighted by molar-refractivity contribution is 6.22. The fourth-order valence-corrected chi connectivity index (χ4v) is 3.40. The predicted molar refractivity (Wildman–Crippen MR) is 79.3 cm³/mol. The number of anilines is 1. The average molecular weight is 342 g/mol. The topological polar surface area (TPSA) is 65.5 Å². The molecule has 0 saturated carbocycles. The van der Waals surface area contributed by atoms with Gasteiger partial charge >= 0.3 is 12.2 Å². The van der Waals surface area contributed by atoms with Crippen LogP contribution in [0.1, 0.15) is 25.3 Å². The van der Waals surface area contributed by atoms with Crippen LogP contribution in [0.4, 0.5) is 23.8 Å². The van der Waals surface area contributed by atoms with E-state index in [9.17, 15) is 22.8 Å². The quantitative estimate of drug-likeness (QED) is 0.835. The average Bonchev–Trinajstić information content (AvgIpc) is 2.74. The lowest BCUT2D eigenvalue weighted by molar-refractivity contribution is -0.137. The van der Waals surface area contributed by atoms with E-state index in [1.165, 1.54) is 4.90 Å². The molecular formula is C15H17F3N4O2. The number of urea groups is 1. The maximum Gasteiger partial charge on any atom is 0.416 e. The highest BCUT2D eigenvalue weighted by atomic mass is 19.4. The largest absolute Gasteiger partial charge is 0.416 e. The molecule has 3 heterocycles. The van der Waals surface area contributed by atoms with Crippen molar-refractivity contribution in [2.45, 2.75) is 31.5 Å². The summed E-state index contributed by atoms with van der Waals surface area (Å²) in [6.07, 6.45) is -2.75. The van der Waals surface area contributed by atoms with Crippen molar-refractivity contribution in [3.05, 3.63) is 23.9 Å². The molecule has 2 aliphatic rings. The Balaban J connectivity index is 2.03. The minimum atomic E-state index is -4.57. The van der Waals surface area contributed by atoms with Crippen molar-refractivity contribution in [2.24, 2.45) is 0 Å². The number of nitrogens with zero attached hydrogens (tertiary/aromatic N) is 3. The van der Waals surface area contributed by atoms with Gasteiger partial charge in [-0.2, -0.15) is 13.2 Å². The second kappa shape index (κ2) is 5.73. The number of carbonyl (C=O) groups is 2. The van der Waals surface area contributed by atoms with Gasteiger partial charge in [0.2, 0.25) is 0 Å². The van der Waals surface area contributed by atoms with Crippen LogP contribution in [0.5, 0.6) is 0 Å². The highest BCUT2D eigenvalue weighted by Gasteiger charge is 2.57. The molecule has 24 heavy (non-hydrogen) atoms. The first-order chi connectivity index (χ1) is 11.3. The molecule has 1 spiro atoms. The van der Waals surface area contributed by atoms with Crippen molar-refractivity contribution in [1.29, 1.82) is 0 Å². The number of aromatic nitrogens is 1. The van der Waals surface area contributed by atoms with Gasteiger partial charge in [0.15, 0.2) is 0 Å². The van der Waals surface area contributed by atoms with Crippen molar-refractivity contribution < 1.29 is 22.8 Å². The molecule has 0 aliphatic carbocycles. The number of hydrogen-bond acceptors (Lipinski definition) is 4. The number of rotatable bonds is 2. The number of hydrogen-bond donors (Lipinski definition) is 1. The van der Waals surface area contributed by atoms with Crippen LogP contribution in [0.25, 0.3) is 0 Å². The zero-order valence-corrected chi connectivity index (χ0v) is 13.1. The fraction of sp³-hybridized carbons (Fsp3) is 0.533. The second-order valence-corrected chi connectivity index (χ2v) is 5.85. The molecule has 3 amide bonds. The number of alkyl halides is 3. The predicted octanol–water partition coefficient (Wildman–Crippen LogP) is 2.01. The molecule has 1 aromatic heterocycles. The summed E-state index contributed by atoms with van der Waals surface area (Å²) >= 11 is 0. The molecule has 1 N–H and O–H groups in total. The van der Waals surface area contributed by atoms with Crippen molar-refractivity contribution in [3.8, 4) is 0 Å². The third-order valence-corrected chi connectivity index (χ3v) is 4.59. The molecule has 2 saturated heterocycles. The summed E-state index contributed by atoms with van der Waals surface area (Å²) in [6.45, 7) is 3.19.